The van der Waals surface area contributed by atoms with Gasteiger partial charge < -0.3 is 10.1 Å². The zero-order chi connectivity index (χ0) is 11.4. The highest BCUT2D eigenvalue weighted by Crippen LogP contribution is 2.31. The van der Waals surface area contributed by atoms with Gasteiger partial charge in [-0.15, -0.1) is 11.6 Å². The van der Waals surface area contributed by atoms with E-state index in [2.05, 4.69) is 15.3 Å². The molecule has 1 aromatic heterocycles. The van der Waals surface area contributed by atoms with Crippen LogP contribution in [0.2, 0.25) is 0 Å². The van der Waals surface area contributed by atoms with Crippen molar-refractivity contribution in [2.45, 2.75) is 25.1 Å². The van der Waals surface area contributed by atoms with Crippen molar-refractivity contribution < 1.29 is 4.74 Å². The Kier molecular flexibility index (Phi) is 3.83. The van der Waals surface area contributed by atoms with Gasteiger partial charge in [0.1, 0.15) is 12.1 Å². The second-order valence-electron chi connectivity index (χ2n) is 3.99. The zero-order valence-corrected chi connectivity index (χ0v) is 10.1. The molecule has 0 aromatic carbocycles. The van der Waals surface area contributed by atoms with Crippen molar-refractivity contribution in [3.8, 4) is 5.88 Å². The summed E-state index contributed by atoms with van der Waals surface area (Å²) in [6, 6.07) is 1.82. The summed E-state index contributed by atoms with van der Waals surface area (Å²) in [6.07, 6.45) is 3.70. The zero-order valence-electron chi connectivity index (χ0n) is 9.32. The fraction of sp³-hybridized carbons (Fsp3) is 0.636. The standard InChI is InChI=1S/C11H16ClN3O/c1-2-16-11-5-10(14-7-15-11)13-6-8-3-9(12)4-8/h5,7-9H,2-4,6H2,1H3,(H,13,14,15). The number of rotatable bonds is 5. The molecular weight excluding hydrogens is 226 g/mol. The first-order chi connectivity index (χ1) is 7.78. The number of hydrogen-bond donors (Lipinski definition) is 1. The van der Waals surface area contributed by atoms with Crippen LogP contribution in [0.15, 0.2) is 12.4 Å². The van der Waals surface area contributed by atoms with Gasteiger partial charge in [0.25, 0.3) is 0 Å². The highest BCUT2D eigenvalue weighted by atomic mass is 35.5. The summed E-state index contributed by atoms with van der Waals surface area (Å²) in [5.74, 6) is 2.10. The van der Waals surface area contributed by atoms with Crippen molar-refractivity contribution in [1.29, 1.82) is 0 Å². The molecule has 1 fully saturated rings. The fourth-order valence-corrected chi connectivity index (χ4v) is 2.24. The van der Waals surface area contributed by atoms with Gasteiger partial charge in [0.2, 0.25) is 5.88 Å². The highest BCUT2D eigenvalue weighted by Gasteiger charge is 2.26. The van der Waals surface area contributed by atoms with Crippen LogP contribution in [0.3, 0.4) is 0 Å². The van der Waals surface area contributed by atoms with E-state index < -0.39 is 0 Å². The van der Waals surface area contributed by atoms with Gasteiger partial charge in [-0.3, -0.25) is 0 Å². The predicted octanol–water partition coefficient (Wildman–Crippen LogP) is 2.30. The van der Waals surface area contributed by atoms with Crippen molar-refractivity contribution in [2.24, 2.45) is 5.92 Å². The smallest absolute Gasteiger partial charge is 0.218 e. The van der Waals surface area contributed by atoms with Gasteiger partial charge in [-0.25, -0.2) is 9.97 Å². The second kappa shape index (κ2) is 5.34. The Hall–Kier alpha value is -1.03. The lowest BCUT2D eigenvalue weighted by atomic mass is 9.85. The lowest BCUT2D eigenvalue weighted by Gasteiger charge is -2.30. The first-order valence-corrected chi connectivity index (χ1v) is 6.04. The summed E-state index contributed by atoms with van der Waals surface area (Å²) in [5, 5.41) is 3.65. The molecule has 0 aliphatic heterocycles. The van der Waals surface area contributed by atoms with Crippen LogP contribution >= 0.6 is 11.6 Å². The van der Waals surface area contributed by atoms with Gasteiger partial charge in [-0.05, 0) is 25.7 Å². The Balaban J connectivity index is 1.81. The van der Waals surface area contributed by atoms with Crippen LogP contribution in [0.4, 0.5) is 5.82 Å². The molecule has 2 rings (SSSR count). The molecule has 16 heavy (non-hydrogen) atoms. The topological polar surface area (TPSA) is 47.0 Å². The number of nitrogens with zero attached hydrogens (tertiary/aromatic N) is 2. The van der Waals surface area contributed by atoms with E-state index in [1.54, 1.807) is 0 Å². The maximum Gasteiger partial charge on any atom is 0.218 e. The van der Waals surface area contributed by atoms with Crippen LogP contribution in [0.25, 0.3) is 0 Å². The maximum atomic E-state index is 5.92. The molecule has 88 valence electrons. The van der Waals surface area contributed by atoms with Crippen LogP contribution in [0.1, 0.15) is 19.8 Å². The van der Waals surface area contributed by atoms with E-state index in [0.29, 0.717) is 23.8 Å². The van der Waals surface area contributed by atoms with E-state index in [0.717, 1.165) is 25.2 Å². The lowest BCUT2D eigenvalue weighted by Crippen LogP contribution is -2.30. The van der Waals surface area contributed by atoms with Gasteiger partial charge in [0.15, 0.2) is 0 Å². The number of hydrogen-bond acceptors (Lipinski definition) is 4. The highest BCUT2D eigenvalue weighted by molar-refractivity contribution is 6.21. The number of anilines is 1. The molecule has 1 N–H and O–H groups in total. The van der Waals surface area contributed by atoms with E-state index in [1.807, 2.05) is 13.0 Å². The minimum absolute atomic E-state index is 0.371. The summed E-state index contributed by atoms with van der Waals surface area (Å²) in [5.41, 5.74) is 0. The molecule has 0 bridgehead atoms. The molecule has 0 spiro atoms. The molecule has 0 amide bonds. The van der Waals surface area contributed by atoms with E-state index in [1.165, 1.54) is 6.33 Å². The van der Waals surface area contributed by atoms with Crippen LogP contribution in [0.5, 0.6) is 5.88 Å². The SMILES string of the molecule is CCOc1cc(NCC2CC(Cl)C2)ncn1. The van der Waals surface area contributed by atoms with E-state index in [9.17, 15) is 0 Å². The van der Waals surface area contributed by atoms with Crippen molar-refractivity contribution in [2.75, 3.05) is 18.5 Å². The van der Waals surface area contributed by atoms with Crippen LogP contribution < -0.4 is 10.1 Å². The maximum absolute atomic E-state index is 5.92. The summed E-state index contributed by atoms with van der Waals surface area (Å²) < 4.78 is 5.30. The van der Waals surface area contributed by atoms with Crippen LogP contribution in [-0.2, 0) is 0 Å². The van der Waals surface area contributed by atoms with Gasteiger partial charge >= 0.3 is 0 Å². The molecule has 1 aromatic rings. The summed E-state index contributed by atoms with van der Waals surface area (Å²) >= 11 is 5.92. The Bertz CT molecular complexity index is 342. The van der Waals surface area contributed by atoms with Gasteiger partial charge in [-0.2, -0.15) is 0 Å². The second-order valence-corrected chi connectivity index (χ2v) is 4.61. The van der Waals surface area contributed by atoms with E-state index in [4.69, 9.17) is 16.3 Å². The normalized spacial score (nSPS) is 23.6. The number of halogens is 1. The van der Waals surface area contributed by atoms with Gasteiger partial charge in [0.05, 0.1) is 6.61 Å². The van der Waals surface area contributed by atoms with Crippen molar-refractivity contribution >= 4 is 17.4 Å². The minimum Gasteiger partial charge on any atom is -0.478 e. The number of nitrogens with one attached hydrogen (secondary N) is 1. The third-order valence-corrected chi connectivity index (χ3v) is 3.04. The van der Waals surface area contributed by atoms with Crippen LogP contribution in [-0.4, -0.2) is 28.5 Å². The molecule has 0 atom stereocenters. The Morgan fingerprint density at radius 2 is 2.31 bits per heavy atom. The number of alkyl halides is 1. The fourth-order valence-electron chi connectivity index (χ4n) is 1.73. The van der Waals surface area contributed by atoms with Gasteiger partial charge in [-0.1, -0.05) is 0 Å². The Labute approximate surface area is 100 Å². The Morgan fingerprint density at radius 1 is 1.50 bits per heavy atom. The summed E-state index contributed by atoms with van der Waals surface area (Å²) in [4.78, 5) is 8.14. The van der Waals surface area contributed by atoms with Crippen LogP contribution in [0, 0.1) is 5.92 Å². The lowest BCUT2D eigenvalue weighted by molar-refractivity contribution is 0.326. The van der Waals surface area contributed by atoms with E-state index >= 15 is 0 Å². The molecule has 0 radical (unpaired) electrons. The molecule has 0 unspecified atom stereocenters. The van der Waals surface area contributed by atoms with Gasteiger partial charge in [0, 0.05) is 18.0 Å². The van der Waals surface area contributed by atoms with Crippen molar-refractivity contribution in [1.82, 2.24) is 9.97 Å². The minimum atomic E-state index is 0.371. The first-order valence-electron chi connectivity index (χ1n) is 5.60. The molecule has 1 aliphatic rings. The molecule has 1 saturated carbocycles. The first kappa shape index (κ1) is 11.5. The molecular formula is C11H16ClN3O. The average molecular weight is 242 g/mol. The Morgan fingerprint density at radius 3 is 3.00 bits per heavy atom. The average Bonchev–Trinajstić information content (AvgIpc) is 2.24. The van der Waals surface area contributed by atoms with Crippen molar-refractivity contribution in [3.05, 3.63) is 12.4 Å². The molecule has 5 heteroatoms. The largest absolute Gasteiger partial charge is 0.478 e. The number of ether oxygens (including phenoxy) is 1. The monoisotopic (exact) mass is 241 g/mol. The predicted molar refractivity (Wildman–Crippen MR) is 64.1 cm³/mol. The summed E-state index contributed by atoms with van der Waals surface area (Å²) in [6.45, 7) is 3.48. The quantitative estimate of drug-likeness (QED) is 0.804. The third-order valence-electron chi connectivity index (χ3n) is 2.68. The molecule has 1 heterocycles. The molecule has 4 nitrogen and oxygen atoms in total. The van der Waals surface area contributed by atoms with E-state index in [-0.39, 0.29) is 0 Å². The number of aromatic nitrogens is 2. The molecule has 0 saturated heterocycles. The van der Waals surface area contributed by atoms with Crippen molar-refractivity contribution in [3.63, 3.8) is 0 Å². The summed E-state index contributed by atoms with van der Waals surface area (Å²) in [7, 11) is 0. The third kappa shape index (κ3) is 2.98. The molecule has 1 aliphatic carbocycles.